The average Bonchev–Trinajstić information content (AvgIpc) is 3.09. The van der Waals surface area contributed by atoms with E-state index < -0.39 is 5.60 Å². The molecular formula is C25H31ClN4O4. The zero-order chi connectivity index (χ0) is 24.2. The molecule has 0 N–H and O–H groups in total. The highest BCUT2D eigenvalue weighted by Gasteiger charge is 2.34. The van der Waals surface area contributed by atoms with Crippen LogP contribution in [-0.2, 0) is 16.0 Å². The van der Waals surface area contributed by atoms with Crippen molar-refractivity contribution in [1.29, 1.82) is 0 Å². The first kappa shape index (κ1) is 23.2. The van der Waals surface area contributed by atoms with Gasteiger partial charge in [-0.05, 0) is 65.2 Å². The summed E-state index contributed by atoms with van der Waals surface area (Å²) < 4.78 is 15.1. The maximum Gasteiger partial charge on any atom is 0.410 e. The number of nitrogens with zero attached hydrogens (tertiary/aromatic N) is 4. The summed E-state index contributed by atoms with van der Waals surface area (Å²) in [5.41, 5.74) is 1.67. The molecule has 0 spiro atoms. The lowest BCUT2D eigenvalue weighted by molar-refractivity contribution is -0.0402. The highest BCUT2D eigenvalue weighted by molar-refractivity contribution is 6.31. The number of amides is 1. The molecule has 5 rings (SSSR count). The molecular weight excluding hydrogens is 456 g/mol. The molecule has 2 aliphatic heterocycles. The van der Waals surface area contributed by atoms with Gasteiger partial charge in [0.05, 0.1) is 16.6 Å². The molecule has 2 saturated heterocycles. The molecule has 182 valence electrons. The van der Waals surface area contributed by atoms with Crippen LogP contribution in [0, 0.1) is 12.8 Å². The number of likely N-dealkylation sites (tertiary alicyclic amines) is 1. The van der Waals surface area contributed by atoms with Crippen LogP contribution in [0.25, 0.3) is 21.8 Å². The van der Waals surface area contributed by atoms with Crippen molar-refractivity contribution in [1.82, 2.24) is 19.2 Å². The quantitative estimate of drug-likeness (QED) is 0.527. The van der Waals surface area contributed by atoms with E-state index in [4.69, 9.17) is 26.2 Å². The van der Waals surface area contributed by atoms with Crippen molar-refractivity contribution < 1.29 is 14.3 Å². The number of aryl methyl sites for hydroxylation is 1. The molecule has 2 aliphatic rings. The number of halogens is 1. The Morgan fingerprint density at radius 2 is 2.03 bits per heavy atom. The summed E-state index contributed by atoms with van der Waals surface area (Å²) in [6, 6.07) is 5.56. The van der Waals surface area contributed by atoms with Crippen LogP contribution >= 0.6 is 11.6 Å². The highest BCUT2D eigenvalue weighted by atomic mass is 35.5. The van der Waals surface area contributed by atoms with Crippen molar-refractivity contribution in [2.75, 3.05) is 19.7 Å². The largest absolute Gasteiger partial charge is 0.444 e. The van der Waals surface area contributed by atoms with Crippen LogP contribution in [-0.4, -0.2) is 50.6 Å². The molecule has 0 aliphatic carbocycles. The lowest BCUT2D eigenvalue weighted by Crippen LogP contribution is -2.53. The minimum absolute atomic E-state index is 0.0694. The minimum Gasteiger partial charge on any atom is -0.444 e. The smallest absolute Gasteiger partial charge is 0.410 e. The van der Waals surface area contributed by atoms with Gasteiger partial charge in [-0.3, -0.25) is 4.79 Å². The molecule has 1 amide bonds. The Hall–Kier alpha value is -2.58. The first-order chi connectivity index (χ1) is 16.1. The van der Waals surface area contributed by atoms with Crippen LogP contribution in [0.5, 0.6) is 0 Å². The Bertz CT molecular complexity index is 1310. The van der Waals surface area contributed by atoms with E-state index in [0.29, 0.717) is 42.2 Å². The summed E-state index contributed by atoms with van der Waals surface area (Å²) in [5, 5.41) is 6.89. The van der Waals surface area contributed by atoms with E-state index in [1.807, 2.05) is 49.1 Å². The predicted octanol–water partition coefficient (Wildman–Crippen LogP) is 4.88. The number of hydrogen-bond acceptors (Lipinski definition) is 5. The Balaban J connectivity index is 1.51. The predicted molar refractivity (Wildman–Crippen MR) is 131 cm³/mol. The van der Waals surface area contributed by atoms with Crippen molar-refractivity contribution in [2.24, 2.45) is 5.92 Å². The van der Waals surface area contributed by atoms with Gasteiger partial charge in [0.25, 0.3) is 5.56 Å². The number of aromatic nitrogens is 3. The molecule has 4 heterocycles. The number of benzene rings is 1. The molecule has 2 aromatic heterocycles. The van der Waals surface area contributed by atoms with Crippen LogP contribution in [0.3, 0.4) is 0 Å². The highest BCUT2D eigenvalue weighted by Crippen LogP contribution is 2.31. The fourth-order valence-corrected chi connectivity index (χ4v) is 5.11. The number of hydrogen-bond donors (Lipinski definition) is 0. The Morgan fingerprint density at radius 3 is 2.71 bits per heavy atom. The fraction of sp³-hybridized carbons (Fsp3) is 0.560. The summed E-state index contributed by atoms with van der Waals surface area (Å²) in [6.07, 6.45) is 2.53. The minimum atomic E-state index is -0.528. The van der Waals surface area contributed by atoms with Crippen LogP contribution in [0.2, 0.25) is 5.02 Å². The topological polar surface area (TPSA) is 78.6 Å². The number of carbonyl (C=O) groups is 1. The molecule has 34 heavy (non-hydrogen) atoms. The summed E-state index contributed by atoms with van der Waals surface area (Å²) in [4.78, 5) is 27.8. The maximum absolute atomic E-state index is 13.8. The molecule has 0 radical (unpaired) electrons. The molecule has 3 aromatic rings. The standard InChI is InChI=1S/C25H31ClN4O4/c1-15-21-22(27-30(15)20-7-5-6-10-33-20)18-11-17(26)8-9-19(18)29(23(21)31)14-16-12-28(13-16)24(32)34-25(2,3)4/h8-9,11,16,20H,5-7,10,12-14H2,1-4H3. The van der Waals surface area contributed by atoms with E-state index >= 15 is 0 Å². The summed E-state index contributed by atoms with van der Waals surface area (Å²) in [5.74, 6) is 0.165. The molecule has 1 atom stereocenters. The van der Waals surface area contributed by atoms with E-state index in [1.54, 1.807) is 11.0 Å². The van der Waals surface area contributed by atoms with Crippen LogP contribution in [0.4, 0.5) is 4.79 Å². The van der Waals surface area contributed by atoms with Gasteiger partial charge < -0.3 is 18.9 Å². The molecule has 1 aromatic carbocycles. The van der Waals surface area contributed by atoms with E-state index in [9.17, 15) is 9.59 Å². The van der Waals surface area contributed by atoms with E-state index in [-0.39, 0.29) is 23.8 Å². The normalized spacial score (nSPS) is 19.6. The van der Waals surface area contributed by atoms with Crippen molar-refractivity contribution in [2.45, 2.75) is 65.3 Å². The summed E-state index contributed by atoms with van der Waals surface area (Å²) in [6.45, 7) is 9.83. The molecule has 0 saturated carbocycles. The fourth-order valence-electron chi connectivity index (χ4n) is 4.94. The van der Waals surface area contributed by atoms with E-state index in [0.717, 1.165) is 35.9 Å². The van der Waals surface area contributed by atoms with Crippen molar-refractivity contribution in [3.05, 3.63) is 39.3 Å². The third kappa shape index (κ3) is 4.18. The van der Waals surface area contributed by atoms with Crippen LogP contribution in [0.15, 0.2) is 23.0 Å². The monoisotopic (exact) mass is 486 g/mol. The first-order valence-electron chi connectivity index (χ1n) is 11.9. The molecule has 8 nitrogen and oxygen atoms in total. The lowest BCUT2D eigenvalue weighted by atomic mass is 10.00. The summed E-state index contributed by atoms with van der Waals surface area (Å²) in [7, 11) is 0. The van der Waals surface area contributed by atoms with E-state index in [1.165, 1.54) is 0 Å². The van der Waals surface area contributed by atoms with Crippen molar-refractivity contribution in [3.63, 3.8) is 0 Å². The number of pyridine rings is 1. The zero-order valence-corrected chi connectivity index (χ0v) is 20.9. The molecule has 9 heteroatoms. The van der Waals surface area contributed by atoms with Gasteiger partial charge in [0.1, 0.15) is 17.3 Å². The lowest BCUT2D eigenvalue weighted by Gasteiger charge is -2.40. The second-order valence-electron chi connectivity index (χ2n) is 10.4. The molecule has 1 unspecified atom stereocenters. The second-order valence-corrected chi connectivity index (χ2v) is 10.8. The maximum atomic E-state index is 13.8. The molecule has 0 bridgehead atoms. The van der Waals surface area contributed by atoms with Gasteiger partial charge in [0, 0.05) is 42.6 Å². The third-order valence-electron chi connectivity index (χ3n) is 6.59. The van der Waals surface area contributed by atoms with Crippen LogP contribution in [0.1, 0.15) is 52.0 Å². The van der Waals surface area contributed by atoms with Gasteiger partial charge in [-0.1, -0.05) is 11.6 Å². The van der Waals surface area contributed by atoms with Gasteiger partial charge in [-0.2, -0.15) is 5.10 Å². The Kier molecular flexibility index (Phi) is 5.84. The number of rotatable bonds is 3. The van der Waals surface area contributed by atoms with Gasteiger partial charge in [-0.25, -0.2) is 9.48 Å². The SMILES string of the molecule is Cc1c2c(=O)n(CC3CN(C(=O)OC(C)(C)C)C3)c3ccc(Cl)cc3c2nn1C1CCCCO1. The van der Waals surface area contributed by atoms with Gasteiger partial charge >= 0.3 is 6.09 Å². The van der Waals surface area contributed by atoms with Crippen molar-refractivity contribution >= 4 is 39.5 Å². The van der Waals surface area contributed by atoms with Gasteiger partial charge in [0.2, 0.25) is 0 Å². The number of fused-ring (bicyclic) bond motifs is 3. The third-order valence-corrected chi connectivity index (χ3v) is 6.83. The zero-order valence-electron chi connectivity index (χ0n) is 20.1. The first-order valence-corrected chi connectivity index (χ1v) is 12.3. The van der Waals surface area contributed by atoms with Crippen LogP contribution < -0.4 is 5.56 Å². The second kappa shape index (κ2) is 8.57. The summed E-state index contributed by atoms with van der Waals surface area (Å²) >= 11 is 6.35. The van der Waals surface area contributed by atoms with Gasteiger partial charge in [-0.15, -0.1) is 0 Å². The van der Waals surface area contributed by atoms with Gasteiger partial charge in [0.15, 0.2) is 0 Å². The Morgan fingerprint density at radius 1 is 1.26 bits per heavy atom. The van der Waals surface area contributed by atoms with Crippen molar-refractivity contribution in [3.8, 4) is 0 Å². The Labute approximate surface area is 203 Å². The molecule has 2 fully saturated rings. The number of ether oxygens (including phenoxy) is 2. The van der Waals surface area contributed by atoms with E-state index in [2.05, 4.69) is 0 Å². The number of carbonyl (C=O) groups excluding carboxylic acids is 1. The average molecular weight is 487 g/mol.